The Labute approximate surface area is 436 Å². The molecule has 0 N–H and O–H groups in total. The first-order valence-corrected chi connectivity index (χ1v) is 24.8. The number of aromatic nitrogens is 4. The number of ether oxygens (including phenoxy) is 1. The SMILES string of the molecule is COc1c(-c2ccccc2)cc(C)cc1-c1ccc(-c2cc(C)c3c(c2)c2cccc4c2c2c([c-]ccc32)c2nc(C)cn42)cc1.Cc1cc(C)c2c(c1)c1cccc3c1c1c([c-]ccc21)c1nc(C)cn31.[Ir]. The molecule has 0 saturated carbocycles. The van der Waals surface area contributed by atoms with Crippen LogP contribution in [0.5, 0.6) is 5.75 Å². The van der Waals surface area contributed by atoms with Crippen LogP contribution in [0.2, 0.25) is 0 Å². The van der Waals surface area contributed by atoms with Gasteiger partial charge in [-0.05, 0) is 154 Å². The predicted molar refractivity (Wildman–Crippen MR) is 302 cm³/mol. The van der Waals surface area contributed by atoms with Crippen LogP contribution in [0, 0.1) is 53.7 Å². The molecule has 5 nitrogen and oxygen atoms in total. The Morgan fingerprint density at radius 2 is 0.904 bits per heavy atom. The Bertz CT molecular complexity index is 4720. The summed E-state index contributed by atoms with van der Waals surface area (Å²) in [4.78, 5) is 9.72. The first kappa shape index (κ1) is 44.8. The Hall–Kier alpha value is -8.15. The molecule has 6 heteroatoms. The number of fused-ring (bicyclic) bond motifs is 12. The average molecular weight is 1120 g/mol. The van der Waals surface area contributed by atoms with Crippen LogP contribution in [0.4, 0.5) is 0 Å². The molecule has 15 aromatic rings. The topological polar surface area (TPSA) is 43.8 Å². The van der Waals surface area contributed by atoms with Crippen molar-refractivity contribution in [2.75, 3.05) is 7.11 Å². The van der Waals surface area contributed by atoms with Gasteiger partial charge in [0.05, 0.1) is 18.4 Å². The van der Waals surface area contributed by atoms with E-state index in [2.05, 4.69) is 214 Å². The Kier molecular flexibility index (Phi) is 10.2. The van der Waals surface area contributed by atoms with Gasteiger partial charge in [0.25, 0.3) is 0 Å². The van der Waals surface area contributed by atoms with Gasteiger partial charge in [-0.2, -0.15) is 0 Å². The van der Waals surface area contributed by atoms with Gasteiger partial charge in [-0.25, -0.2) is 0 Å². The van der Waals surface area contributed by atoms with Gasteiger partial charge in [-0.3, -0.25) is 9.97 Å². The molecule has 1 radical (unpaired) electrons. The minimum Gasteiger partial charge on any atom is -0.495 e. The number of hydrogen-bond donors (Lipinski definition) is 0. The van der Waals surface area contributed by atoms with E-state index < -0.39 is 0 Å². The summed E-state index contributed by atoms with van der Waals surface area (Å²) >= 11 is 0. The maximum atomic E-state index is 6.03. The van der Waals surface area contributed by atoms with Gasteiger partial charge < -0.3 is 13.5 Å². The Morgan fingerprint density at radius 3 is 1.45 bits per heavy atom. The normalized spacial score (nSPS) is 11.9. The van der Waals surface area contributed by atoms with Crippen LogP contribution in [0.25, 0.3) is 131 Å². The minimum atomic E-state index is 0. The van der Waals surface area contributed by atoms with Crippen molar-refractivity contribution in [1.29, 1.82) is 0 Å². The number of benzene rings is 11. The van der Waals surface area contributed by atoms with E-state index in [1.165, 1.54) is 109 Å². The maximum Gasteiger partial charge on any atom is 0.134 e. The van der Waals surface area contributed by atoms with Crippen molar-refractivity contribution in [2.45, 2.75) is 41.5 Å². The van der Waals surface area contributed by atoms with Gasteiger partial charge in [0.2, 0.25) is 0 Å². The number of methoxy groups -OCH3 is 1. The van der Waals surface area contributed by atoms with Gasteiger partial charge in [-0.15, -0.1) is 36.4 Å². The molecular formula is C67H48IrN4O-2. The fraction of sp³-hybridized carbons (Fsp3) is 0.104. The van der Waals surface area contributed by atoms with E-state index in [1.54, 1.807) is 7.11 Å². The Balaban J connectivity index is 0.000000161. The van der Waals surface area contributed by atoms with E-state index in [-0.39, 0.29) is 20.1 Å². The largest absolute Gasteiger partial charge is 0.495 e. The van der Waals surface area contributed by atoms with Crippen molar-refractivity contribution in [3.8, 4) is 39.1 Å². The third kappa shape index (κ3) is 6.64. The van der Waals surface area contributed by atoms with Crippen molar-refractivity contribution in [1.82, 2.24) is 18.8 Å². The second-order valence-electron chi connectivity index (χ2n) is 19.9. The van der Waals surface area contributed by atoms with Crippen LogP contribution in [0.3, 0.4) is 0 Å². The zero-order valence-corrected chi connectivity index (χ0v) is 44.0. The summed E-state index contributed by atoms with van der Waals surface area (Å²) in [6.07, 6.45) is 4.27. The number of rotatable bonds is 4. The molecule has 4 heterocycles. The molecule has 4 aromatic heterocycles. The summed E-state index contributed by atoms with van der Waals surface area (Å²) in [5, 5.41) is 17.7. The molecule has 0 fully saturated rings. The predicted octanol–water partition coefficient (Wildman–Crippen LogP) is 17.2. The van der Waals surface area contributed by atoms with E-state index in [1.807, 2.05) is 12.1 Å². The standard InChI is InChI=1S/C43H31N2O.C24H17N2.Ir/c1-25-20-35(29-10-6-5-7-11-29)42(46-4)36(21-25)30-18-16-28(17-19-30)31-22-26(2)39-33-13-8-14-34-40(33)41-32(37(39)23-31)12-9-15-38(41)45-24-27(3)44-43(34)45;1-13-10-14(2)21-17-7-4-8-18-22(17)23-16(19(21)11-13)6-5-9-20(23)26-12-15(3)25-24(18)26;/h5-13,15-24H,1-4H3;4-7,9-12H,1-3H3;/q2*-1;. The van der Waals surface area contributed by atoms with Crippen molar-refractivity contribution >= 4 is 97.7 Å². The number of aryl methyl sites for hydroxylation is 6. The number of pyridine rings is 2. The first-order valence-electron chi connectivity index (χ1n) is 24.8. The van der Waals surface area contributed by atoms with Crippen LogP contribution in [-0.2, 0) is 20.1 Å². The summed E-state index contributed by atoms with van der Waals surface area (Å²) < 4.78 is 10.5. The summed E-state index contributed by atoms with van der Waals surface area (Å²) in [6, 6.07) is 62.0. The van der Waals surface area contributed by atoms with E-state index in [4.69, 9.17) is 14.7 Å². The van der Waals surface area contributed by atoms with Crippen LogP contribution >= 0.6 is 0 Å². The van der Waals surface area contributed by atoms with Gasteiger partial charge in [0, 0.05) is 66.0 Å². The van der Waals surface area contributed by atoms with Crippen LogP contribution < -0.4 is 4.74 Å². The number of hydrogen-bond acceptors (Lipinski definition) is 3. The van der Waals surface area contributed by atoms with Crippen molar-refractivity contribution in [3.05, 3.63) is 210 Å². The monoisotopic (exact) mass is 1120 g/mol. The minimum absolute atomic E-state index is 0. The third-order valence-corrected chi connectivity index (χ3v) is 15.2. The molecule has 0 aliphatic carbocycles. The van der Waals surface area contributed by atoms with E-state index in [9.17, 15) is 0 Å². The second-order valence-corrected chi connectivity index (χ2v) is 19.9. The van der Waals surface area contributed by atoms with Gasteiger partial charge in [0.1, 0.15) is 5.75 Å². The molecule has 0 bridgehead atoms. The molecule has 0 aliphatic heterocycles. The fourth-order valence-electron chi connectivity index (χ4n) is 12.4. The van der Waals surface area contributed by atoms with E-state index in [0.29, 0.717) is 0 Å². The number of imidazole rings is 2. The Morgan fingerprint density at radius 1 is 0.411 bits per heavy atom. The molecule has 0 saturated heterocycles. The van der Waals surface area contributed by atoms with Crippen molar-refractivity contribution in [2.24, 2.45) is 0 Å². The molecule has 11 aromatic carbocycles. The summed E-state index contributed by atoms with van der Waals surface area (Å²) in [5.74, 6) is 0.898. The molecule has 15 rings (SSSR count). The zero-order valence-electron chi connectivity index (χ0n) is 41.6. The molecule has 0 aliphatic rings. The molecular weight excluding hydrogens is 1070 g/mol. The van der Waals surface area contributed by atoms with Gasteiger partial charge >= 0.3 is 0 Å². The van der Waals surface area contributed by atoms with Crippen LogP contribution in [0.1, 0.15) is 33.6 Å². The molecule has 0 atom stereocenters. The average Bonchev–Trinajstić information content (AvgIpc) is 4.00. The summed E-state index contributed by atoms with van der Waals surface area (Å²) in [6.45, 7) is 12.9. The quantitative estimate of drug-likeness (QED) is 0.100. The van der Waals surface area contributed by atoms with Crippen molar-refractivity contribution in [3.63, 3.8) is 0 Å². The molecule has 0 amide bonds. The smallest absolute Gasteiger partial charge is 0.134 e. The summed E-state index contributed by atoms with van der Waals surface area (Å²) in [7, 11) is 1.76. The van der Waals surface area contributed by atoms with Crippen LogP contribution in [0.15, 0.2) is 164 Å². The first-order chi connectivity index (χ1) is 35.1. The molecule has 0 spiro atoms. The zero-order chi connectivity index (χ0) is 48.7. The van der Waals surface area contributed by atoms with Crippen LogP contribution in [-0.4, -0.2) is 25.9 Å². The fourth-order valence-corrected chi connectivity index (χ4v) is 12.4. The summed E-state index contributed by atoms with van der Waals surface area (Å²) in [5.41, 5.74) is 18.4. The van der Waals surface area contributed by atoms with E-state index in [0.717, 1.165) is 61.5 Å². The van der Waals surface area contributed by atoms with Gasteiger partial charge in [0.15, 0.2) is 0 Å². The number of nitrogens with zero attached hydrogens (tertiary/aromatic N) is 4. The van der Waals surface area contributed by atoms with Gasteiger partial charge in [-0.1, -0.05) is 135 Å². The molecule has 353 valence electrons. The second kappa shape index (κ2) is 16.7. The maximum absolute atomic E-state index is 6.03. The third-order valence-electron chi connectivity index (χ3n) is 15.2. The molecule has 0 unspecified atom stereocenters. The van der Waals surface area contributed by atoms with E-state index >= 15 is 0 Å². The van der Waals surface area contributed by atoms with Crippen molar-refractivity contribution < 1.29 is 24.8 Å². The molecule has 73 heavy (non-hydrogen) atoms.